The average molecular weight is 276 g/mol. The molecule has 0 aliphatic heterocycles. The summed E-state index contributed by atoms with van der Waals surface area (Å²) in [6, 6.07) is 8.02. The van der Waals surface area contributed by atoms with Crippen molar-refractivity contribution in [2.75, 3.05) is 14.2 Å². The molecule has 0 fully saturated rings. The Labute approximate surface area is 118 Å². The predicted octanol–water partition coefficient (Wildman–Crippen LogP) is 2.85. The Bertz CT molecular complexity index is 566. The lowest BCUT2D eigenvalue weighted by molar-refractivity contribution is 0.271. The minimum atomic E-state index is 0.260. The lowest BCUT2D eigenvalue weighted by Crippen LogP contribution is -2.12. The quantitative estimate of drug-likeness (QED) is 0.879. The van der Waals surface area contributed by atoms with E-state index in [0.29, 0.717) is 18.1 Å². The molecule has 0 aliphatic rings. The van der Waals surface area contributed by atoms with Crippen molar-refractivity contribution in [2.24, 2.45) is 0 Å². The van der Waals surface area contributed by atoms with Crippen LogP contribution in [-0.4, -0.2) is 19.3 Å². The summed E-state index contributed by atoms with van der Waals surface area (Å²) in [5, 5.41) is 7.09. The number of hydrogen-bond donors (Lipinski definition) is 1. The molecule has 1 atom stereocenters. The zero-order valence-electron chi connectivity index (χ0n) is 12.3. The summed E-state index contributed by atoms with van der Waals surface area (Å²) in [4.78, 5) is 0. The number of nitrogens with one attached hydrogen (secondary N) is 1. The van der Waals surface area contributed by atoms with Crippen molar-refractivity contribution >= 4 is 0 Å². The van der Waals surface area contributed by atoms with Crippen LogP contribution in [0.3, 0.4) is 0 Å². The van der Waals surface area contributed by atoms with E-state index in [1.165, 1.54) is 0 Å². The van der Waals surface area contributed by atoms with Gasteiger partial charge in [0.05, 0.1) is 7.11 Å². The fourth-order valence-corrected chi connectivity index (χ4v) is 1.88. The average Bonchev–Trinajstić information content (AvgIpc) is 2.89. The molecule has 108 valence electrons. The molecule has 5 heteroatoms. The van der Waals surface area contributed by atoms with Crippen LogP contribution in [0.1, 0.15) is 30.0 Å². The minimum Gasteiger partial charge on any atom is -0.493 e. The van der Waals surface area contributed by atoms with E-state index in [0.717, 1.165) is 17.0 Å². The van der Waals surface area contributed by atoms with Gasteiger partial charge in [-0.3, -0.25) is 0 Å². The normalized spacial score (nSPS) is 12.2. The van der Waals surface area contributed by atoms with E-state index >= 15 is 0 Å². The van der Waals surface area contributed by atoms with E-state index < -0.39 is 0 Å². The first-order chi connectivity index (χ1) is 9.63. The number of benzene rings is 1. The number of aryl methyl sites for hydroxylation is 1. The SMILES string of the molecule is CNC(C)c1ccc(OCc2cc(C)on2)c(OC)c1. The molecule has 5 nitrogen and oxygen atoms in total. The molecule has 0 spiro atoms. The number of aromatic nitrogens is 1. The molecule has 0 radical (unpaired) electrons. The van der Waals surface area contributed by atoms with Crippen molar-refractivity contribution in [3.05, 3.63) is 41.3 Å². The van der Waals surface area contributed by atoms with Crippen LogP contribution in [0, 0.1) is 6.92 Å². The zero-order chi connectivity index (χ0) is 14.5. The van der Waals surface area contributed by atoms with Gasteiger partial charge in [0.1, 0.15) is 18.1 Å². The highest BCUT2D eigenvalue weighted by Gasteiger charge is 2.10. The summed E-state index contributed by atoms with van der Waals surface area (Å²) in [6.45, 7) is 4.30. The van der Waals surface area contributed by atoms with Crippen molar-refractivity contribution in [2.45, 2.75) is 26.5 Å². The van der Waals surface area contributed by atoms with E-state index in [4.69, 9.17) is 14.0 Å². The number of hydrogen-bond acceptors (Lipinski definition) is 5. The Morgan fingerprint density at radius 2 is 2.10 bits per heavy atom. The van der Waals surface area contributed by atoms with Crippen LogP contribution in [0.25, 0.3) is 0 Å². The summed E-state index contributed by atoms with van der Waals surface area (Å²) in [7, 11) is 3.56. The molecule has 0 saturated carbocycles. The van der Waals surface area contributed by atoms with E-state index in [9.17, 15) is 0 Å². The highest BCUT2D eigenvalue weighted by Crippen LogP contribution is 2.30. The van der Waals surface area contributed by atoms with Crippen LogP contribution in [0.5, 0.6) is 11.5 Å². The standard InChI is InChI=1S/C15H20N2O3/c1-10-7-13(17-20-10)9-19-14-6-5-12(11(2)16-3)8-15(14)18-4/h5-8,11,16H,9H2,1-4H3. The molecule has 0 amide bonds. The molecule has 1 N–H and O–H groups in total. The van der Waals surface area contributed by atoms with Crippen molar-refractivity contribution < 1.29 is 14.0 Å². The monoisotopic (exact) mass is 276 g/mol. The second-order valence-electron chi connectivity index (χ2n) is 4.64. The van der Waals surface area contributed by atoms with Gasteiger partial charge in [0, 0.05) is 12.1 Å². The van der Waals surface area contributed by atoms with Gasteiger partial charge in [0.2, 0.25) is 0 Å². The summed E-state index contributed by atoms with van der Waals surface area (Å²) >= 11 is 0. The largest absolute Gasteiger partial charge is 0.493 e. The Morgan fingerprint density at radius 3 is 2.70 bits per heavy atom. The van der Waals surface area contributed by atoms with Crippen LogP contribution in [-0.2, 0) is 6.61 Å². The predicted molar refractivity (Wildman–Crippen MR) is 76.0 cm³/mol. The minimum absolute atomic E-state index is 0.260. The maximum Gasteiger partial charge on any atom is 0.161 e. The van der Waals surface area contributed by atoms with Crippen molar-refractivity contribution in [3.63, 3.8) is 0 Å². The molecule has 0 saturated heterocycles. The van der Waals surface area contributed by atoms with Gasteiger partial charge in [-0.2, -0.15) is 0 Å². The molecule has 0 bridgehead atoms. The second-order valence-corrected chi connectivity index (χ2v) is 4.64. The third-order valence-electron chi connectivity index (χ3n) is 3.17. The zero-order valence-corrected chi connectivity index (χ0v) is 12.3. The molecule has 1 unspecified atom stereocenters. The third kappa shape index (κ3) is 3.30. The molecule has 1 aromatic heterocycles. The number of nitrogens with zero attached hydrogens (tertiary/aromatic N) is 1. The number of ether oxygens (including phenoxy) is 2. The maximum atomic E-state index is 5.73. The van der Waals surface area contributed by atoms with Gasteiger partial charge in [-0.1, -0.05) is 11.2 Å². The summed E-state index contributed by atoms with van der Waals surface area (Å²) in [5.74, 6) is 2.18. The fourth-order valence-electron chi connectivity index (χ4n) is 1.88. The molecular weight excluding hydrogens is 256 g/mol. The molecule has 20 heavy (non-hydrogen) atoms. The van der Waals surface area contributed by atoms with Crippen LogP contribution in [0.2, 0.25) is 0 Å². The van der Waals surface area contributed by atoms with Crippen LogP contribution >= 0.6 is 0 Å². The number of methoxy groups -OCH3 is 1. The van der Waals surface area contributed by atoms with E-state index in [2.05, 4.69) is 17.4 Å². The molecule has 0 aliphatic carbocycles. The van der Waals surface area contributed by atoms with E-state index in [1.807, 2.05) is 38.2 Å². The van der Waals surface area contributed by atoms with Gasteiger partial charge in [0.15, 0.2) is 11.5 Å². The van der Waals surface area contributed by atoms with Gasteiger partial charge in [0.25, 0.3) is 0 Å². The first-order valence-electron chi connectivity index (χ1n) is 6.54. The van der Waals surface area contributed by atoms with Crippen LogP contribution in [0.15, 0.2) is 28.8 Å². The van der Waals surface area contributed by atoms with Crippen molar-refractivity contribution in [1.82, 2.24) is 10.5 Å². The van der Waals surface area contributed by atoms with Gasteiger partial charge < -0.3 is 19.3 Å². The Hall–Kier alpha value is -2.01. The fraction of sp³-hybridized carbons (Fsp3) is 0.400. The lowest BCUT2D eigenvalue weighted by Gasteiger charge is -2.15. The molecule has 2 rings (SSSR count). The van der Waals surface area contributed by atoms with Crippen LogP contribution in [0.4, 0.5) is 0 Å². The van der Waals surface area contributed by atoms with E-state index in [-0.39, 0.29) is 6.04 Å². The van der Waals surface area contributed by atoms with Crippen LogP contribution < -0.4 is 14.8 Å². The smallest absolute Gasteiger partial charge is 0.161 e. The Balaban J connectivity index is 2.11. The third-order valence-corrected chi connectivity index (χ3v) is 3.17. The lowest BCUT2D eigenvalue weighted by atomic mass is 10.1. The van der Waals surface area contributed by atoms with Gasteiger partial charge in [-0.05, 0) is 38.6 Å². The first kappa shape index (κ1) is 14.4. The highest BCUT2D eigenvalue weighted by molar-refractivity contribution is 5.43. The van der Waals surface area contributed by atoms with Gasteiger partial charge >= 0.3 is 0 Å². The second kappa shape index (κ2) is 6.43. The Kier molecular flexibility index (Phi) is 4.63. The maximum absolute atomic E-state index is 5.73. The highest BCUT2D eigenvalue weighted by atomic mass is 16.5. The van der Waals surface area contributed by atoms with E-state index in [1.54, 1.807) is 7.11 Å². The Morgan fingerprint density at radius 1 is 1.30 bits per heavy atom. The van der Waals surface area contributed by atoms with Crippen molar-refractivity contribution in [3.8, 4) is 11.5 Å². The van der Waals surface area contributed by atoms with Gasteiger partial charge in [-0.15, -0.1) is 0 Å². The van der Waals surface area contributed by atoms with Crippen molar-refractivity contribution in [1.29, 1.82) is 0 Å². The number of rotatable bonds is 6. The topological polar surface area (TPSA) is 56.5 Å². The molecular formula is C15H20N2O3. The summed E-state index contributed by atoms with van der Waals surface area (Å²) < 4.78 is 16.1. The summed E-state index contributed by atoms with van der Waals surface area (Å²) in [5.41, 5.74) is 1.91. The van der Waals surface area contributed by atoms with Gasteiger partial charge in [-0.25, -0.2) is 0 Å². The first-order valence-corrected chi connectivity index (χ1v) is 6.54. The molecule has 1 aromatic carbocycles. The molecule has 2 aromatic rings. The molecule has 1 heterocycles. The summed E-state index contributed by atoms with van der Waals surface area (Å²) in [6.07, 6.45) is 0.